The normalized spacial score (nSPS) is 11.0. The minimum atomic E-state index is 0.823. The number of rotatable bonds is 1. The number of pyridine rings is 1. The van der Waals surface area contributed by atoms with Crippen molar-refractivity contribution in [3.8, 4) is 5.00 Å². The Morgan fingerprint density at radius 2 is 2.20 bits per heavy atom. The highest BCUT2D eigenvalue weighted by molar-refractivity contribution is 7.14. The zero-order chi connectivity index (χ0) is 10.3. The van der Waals surface area contributed by atoms with Crippen molar-refractivity contribution >= 4 is 22.4 Å². The van der Waals surface area contributed by atoms with E-state index in [-0.39, 0.29) is 0 Å². The van der Waals surface area contributed by atoms with Crippen molar-refractivity contribution in [1.82, 2.24) is 20.0 Å². The molecule has 3 rings (SSSR count). The quantitative estimate of drug-likeness (QED) is 0.626. The molecule has 3 aromatic rings. The third kappa shape index (κ3) is 1.32. The van der Waals surface area contributed by atoms with Crippen LogP contribution in [0.3, 0.4) is 0 Å². The van der Waals surface area contributed by atoms with E-state index in [0.29, 0.717) is 0 Å². The Bertz CT molecular complexity index is 610. The summed E-state index contributed by atoms with van der Waals surface area (Å²) in [5, 5.41) is 9.26. The largest absolute Gasteiger partial charge is 0.262 e. The van der Waals surface area contributed by atoms with Gasteiger partial charge in [-0.25, -0.2) is 4.68 Å². The average Bonchev–Trinajstić information content (AvgIpc) is 2.83. The second-order valence-electron chi connectivity index (χ2n) is 3.25. The molecule has 0 amide bonds. The standard InChI is InChI=1S/C10H8N4S/c1-7-2-3-10(15-7)14-9-4-5-11-6-8(9)12-13-14/h2-6H,1H3. The Morgan fingerprint density at radius 1 is 1.27 bits per heavy atom. The van der Waals surface area contributed by atoms with Gasteiger partial charge in [-0.3, -0.25) is 4.98 Å². The second-order valence-corrected chi connectivity index (χ2v) is 4.52. The van der Waals surface area contributed by atoms with E-state index in [2.05, 4.69) is 34.4 Å². The number of hydrogen-bond donors (Lipinski definition) is 0. The van der Waals surface area contributed by atoms with Gasteiger partial charge in [0, 0.05) is 11.1 Å². The fourth-order valence-corrected chi connectivity index (χ4v) is 2.30. The molecule has 0 saturated carbocycles. The molecule has 0 N–H and O–H groups in total. The molecule has 0 aliphatic rings. The molecule has 0 aliphatic heterocycles. The third-order valence-corrected chi connectivity index (χ3v) is 3.16. The van der Waals surface area contributed by atoms with Crippen LogP contribution in [0.1, 0.15) is 4.88 Å². The molecule has 5 heteroatoms. The van der Waals surface area contributed by atoms with Crippen LogP contribution in [-0.4, -0.2) is 20.0 Å². The van der Waals surface area contributed by atoms with E-state index >= 15 is 0 Å². The lowest BCUT2D eigenvalue weighted by atomic mass is 10.4. The first-order chi connectivity index (χ1) is 7.34. The summed E-state index contributed by atoms with van der Waals surface area (Å²) in [6, 6.07) is 6.05. The first-order valence-electron chi connectivity index (χ1n) is 4.57. The van der Waals surface area contributed by atoms with Gasteiger partial charge in [-0.15, -0.1) is 16.4 Å². The molecule has 0 fully saturated rings. The van der Waals surface area contributed by atoms with E-state index in [1.807, 2.05) is 10.7 Å². The van der Waals surface area contributed by atoms with Gasteiger partial charge in [-0.1, -0.05) is 5.21 Å². The fraction of sp³-hybridized carbons (Fsp3) is 0.100. The van der Waals surface area contributed by atoms with Gasteiger partial charge in [-0.05, 0) is 25.1 Å². The maximum atomic E-state index is 4.12. The Kier molecular flexibility index (Phi) is 1.78. The van der Waals surface area contributed by atoms with Gasteiger partial charge < -0.3 is 0 Å². The SMILES string of the molecule is Cc1ccc(-n2nnc3cnccc32)s1. The highest BCUT2D eigenvalue weighted by atomic mass is 32.1. The smallest absolute Gasteiger partial charge is 0.131 e. The molecule has 0 radical (unpaired) electrons. The molecule has 0 unspecified atom stereocenters. The van der Waals surface area contributed by atoms with Gasteiger partial charge in [0.1, 0.15) is 10.5 Å². The van der Waals surface area contributed by atoms with E-state index in [9.17, 15) is 0 Å². The molecule has 0 saturated heterocycles. The summed E-state index contributed by atoms with van der Waals surface area (Å²) in [6.07, 6.45) is 3.47. The lowest BCUT2D eigenvalue weighted by Gasteiger charge is -1.95. The van der Waals surface area contributed by atoms with Crippen LogP contribution in [0.5, 0.6) is 0 Å². The first-order valence-corrected chi connectivity index (χ1v) is 5.38. The molecule has 15 heavy (non-hydrogen) atoms. The zero-order valence-electron chi connectivity index (χ0n) is 8.08. The minimum Gasteiger partial charge on any atom is -0.262 e. The number of hydrogen-bond acceptors (Lipinski definition) is 4. The molecule has 0 aliphatic carbocycles. The van der Waals surface area contributed by atoms with Crippen LogP contribution in [0, 0.1) is 6.92 Å². The topological polar surface area (TPSA) is 43.6 Å². The summed E-state index contributed by atoms with van der Waals surface area (Å²) in [5.41, 5.74) is 1.82. The van der Waals surface area contributed by atoms with Gasteiger partial charge >= 0.3 is 0 Å². The molecular weight excluding hydrogens is 208 g/mol. The predicted octanol–water partition coefficient (Wildman–Crippen LogP) is 2.19. The van der Waals surface area contributed by atoms with Crippen molar-refractivity contribution in [2.75, 3.05) is 0 Å². The lowest BCUT2D eigenvalue weighted by Crippen LogP contribution is -1.92. The maximum absolute atomic E-state index is 4.12. The van der Waals surface area contributed by atoms with Gasteiger partial charge in [0.25, 0.3) is 0 Å². The Morgan fingerprint density at radius 3 is 3.00 bits per heavy atom. The van der Waals surface area contributed by atoms with Crippen LogP contribution in [0.4, 0.5) is 0 Å². The first kappa shape index (κ1) is 8.55. The predicted molar refractivity (Wildman–Crippen MR) is 59.3 cm³/mol. The monoisotopic (exact) mass is 216 g/mol. The van der Waals surface area contributed by atoms with Crippen LogP contribution in [0.15, 0.2) is 30.6 Å². The van der Waals surface area contributed by atoms with Crippen LogP contribution in [-0.2, 0) is 0 Å². The number of aryl methyl sites for hydroxylation is 1. The highest BCUT2D eigenvalue weighted by Crippen LogP contribution is 2.22. The number of aromatic nitrogens is 4. The summed E-state index contributed by atoms with van der Waals surface area (Å²) >= 11 is 1.70. The minimum absolute atomic E-state index is 0.823. The summed E-state index contributed by atoms with van der Waals surface area (Å²) in [4.78, 5) is 5.28. The Labute approximate surface area is 90.2 Å². The molecule has 4 nitrogen and oxygen atoms in total. The average molecular weight is 216 g/mol. The van der Waals surface area contributed by atoms with Crippen molar-refractivity contribution < 1.29 is 0 Å². The summed E-state index contributed by atoms with van der Waals surface area (Å²) in [7, 11) is 0. The van der Waals surface area contributed by atoms with Crippen LogP contribution < -0.4 is 0 Å². The molecule has 3 heterocycles. The number of nitrogens with zero attached hydrogens (tertiary/aromatic N) is 4. The number of thiophene rings is 1. The lowest BCUT2D eigenvalue weighted by molar-refractivity contribution is 0.835. The Balaban J connectivity index is 2.27. The number of fused-ring (bicyclic) bond motifs is 1. The highest BCUT2D eigenvalue weighted by Gasteiger charge is 2.06. The maximum Gasteiger partial charge on any atom is 0.131 e. The second kappa shape index (κ2) is 3.13. The Hall–Kier alpha value is -1.75. The van der Waals surface area contributed by atoms with E-state index in [0.717, 1.165) is 16.0 Å². The third-order valence-electron chi connectivity index (χ3n) is 2.18. The van der Waals surface area contributed by atoms with Crippen molar-refractivity contribution in [3.05, 3.63) is 35.5 Å². The molecule has 0 bridgehead atoms. The van der Waals surface area contributed by atoms with E-state index in [4.69, 9.17) is 0 Å². The molecule has 0 atom stereocenters. The summed E-state index contributed by atoms with van der Waals surface area (Å²) in [6.45, 7) is 2.08. The van der Waals surface area contributed by atoms with Gasteiger partial charge in [0.05, 0.1) is 11.7 Å². The van der Waals surface area contributed by atoms with Crippen molar-refractivity contribution in [1.29, 1.82) is 0 Å². The van der Waals surface area contributed by atoms with E-state index in [1.54, 1.807) is 23.7 Å². The van der Waals surface area contributed by atoms with Crippen molar-refractivity contribution in [2.24, 2.45) is 0 Å². The summed E-state index contributed by atoms with van der Waals surface area (Å²) in [5.74, 6) is 0. The van der Waals surface area contributed by atoms with Crippen LogP contribution in [0.25, 0.3) is 16.0 Å². The molecule has 0 spiro atoms. The molecule has 0 aromatic carbocycles. The van der Waals surface area contributed by atoms with Crippen molar-refractivity contribution in [2.45, 2.75) is 6.92 Å². The molecular formula is C10H8N4S. The van der Waals surface area contributed by atoms with Crippen LogP contribution >= 0.6 is 11.3 Å². The van der Waals surface area contributed by atoms with Gasteiger partial charge in [0.2, 0.25) is 0 Å². The molecule has 3 aromatic heterocycles. The van der Waals surface area contributed by atoms with E-state index < -0.39 is 0 Å². The zero-order valence-corrected chi connectivity index (χ0v) is 8.90. The fourth-order valence-electron chi connectivity index (χ4n) is 1.47. The summed E-state index contributed by atoms with van der Waals surface area (Å²) < 4.78 is 1.84. The molecule has 74 valence electrons. The van der Waals surface area contributed by atoms with Gasteiger partial charge in [0.15, 0.2) is 0 Å². The van der Waals surface area contributed by atoms with Gasteiger partial charge in [-0.2, -0.15) is 0 Å². The van der Waals surface area contributed by atoms with Crippen LogP contribution in [0.2, 0.25) is 0 Å². The van der Waals surface area contributed by atoms with E-state index in [1.165, 1.54) is 4.88 Å². The van der Waals surface area contributed by atoms with Crippen molar-refractivity contribution in [3.63, 3.8) is 0 Å².